The molecule has 0 atom stereocenters. The average Bonchev–Trinajstić information content (AvgIpc) is 2.26. The Kier molecular flexibility index (Phi) is 5.37. The number of alkyl halides is 1. The van der Waals surface area contributed by atoms with Crippen LogP contribution in [0.3, 0.4) is 0 Å². The maximum absolute atomic E-state index is 10.8. The van der Waals surface area contributed by atoms with Gasteiger partial charge in [-0.3, -0.25) is 4.79 Å². The van der Waals surface area contributed by atoms with Crippen molar-refractivity contribution in [2.24, 2.45) is 0 Å². The van der Waals surface area contributed by atoms with Gasteiger partial charge in [-0.2, -0.15) is 0 Å². The molecular formula is C11H9BrCl2O. The maximum Gasteiger partial charge on any atom is 0.147 e. The Labute approximate surface area is 107 Å². The lowest BCUT2D eigenvalue weighted by Crippen LogP contribution is -1.90. The summed E-state index contributed by atoms with van der Waals surface area (Å²) in [5, 5.41) is 0.471. The van der Waals surface area contributed by atoms with Crippen LogP contribution in [-0.2, 0) is 4.79 Å². The lowest BCUT2D eigenvalue weighted by molar-refractivity contribution is -0.104. The average molecular weight is 308 g/mol. The van der Waals surface area contributed by atoms with E-state index in [1.165, 1.54) is 0 Å². The van der Waals surface area contributed by atoms with E-state index in [0.717, 1.165) is 16.3 Å². The Morgan fingerprint density at radius 3 is 2.40 bits per heavy atom. The first-order chi connectivity index (χ1) is 7.19. The van der Waals surface area contributed by atoms with Crippen molar-refractivity contribution in [3.8, 4) is 0 Å². The van der Waals surface area contributed by atoms with Gasteiger partial charge in [-0.1, -0.05) is 39.7 Å². The van der Waals surface area contributed by atoms with Gasteiger partial charge in [0, 0.05) is 15.9 Å². The molecule has 0 aliphatic rings. The molecule has 0 spiro atoms. The van der Waals surface area contributed by atoms with Crippen LogP contribution in [0.25, 0.3) is 5.03 Å². The van der Waals surface area contributed by atoms with E-state index in [1.54, 1.807) is 0 Å². The molecule has 1 rings (SSSR count). The molecule has 0 saturated heterocycles. The van der Waals surface area contributed by atoms with Gasteiger partial charge in [-0.05, 0) is 24.1 Å². The fourth-order valence-corrected chi connectivity index (χ4v) is 1.84. The number of halogens is 3. The number of rotatable bonds is 4. The van der Waals surface area contributed by atoms with Crippen LogP contribution in [0.4, 0.5) is 0 Å². The third-order valence-electron chi connectivity index (χ3n) is 1.89. The van der Waals surface area contributed by atoms with Crippen molar-refractivity contribution in [1.82, 2.24) is 0 Å². The van der Waals surface area contributed by atoms with E-state index in [9.17, 15) is 4.79 Å². The fourth-order valence-electron chi connectivity index (χ4n) is 1.10. The molecule has 0 aliphatic heterocycles. The lowest BCUT2D eigenvalue weighted by Gasteiger charge is -2.03. The Balaban J connectivity index is 3.04. The zero-order valence-electron chi connectivity index (χ0n) is 7.84. The molecule has 0 fully saturated rings. The predicted octanol–water partition coefficient (Wildman–Crippen LogP) is 4.23. The van der Waals surface area contributed by atoms with Crippen LogP contribution in [0.1, 0.15) is 12.0 Å². The topological polar surface area (TPSA) is 17.1 Å². The summed E-state index contributed by atoms with van der Waals surface area (Å²) >= 11 is 15.0. The third-order valence-corrected chi connectivity index (χ3v) is 3.06. The second kappa shape index (κ2) is 6.31. The van der Waals surface area contributed by atoms with E-state index in [0.29, 0.717) is 22.9 Å². The van der Waals surface area contributed by atoms with Crippen molar-refractivity contribution in [3.63, 3.8) is 0 Å². The number of aldehydes is 1. The molecule has 1 aromatic rings. The summed E-state index contributed by atoms with van der Waals surface area (Å²) in [6.45, 7) is 0. The number of carbonyl (C=O) groups excluding carboxylic acids is 1. The Morgan fingerprint density at radius 1 is 1.33 bits per heavy atom. The highest BCUT2D eigenvalue weighted by molar-refractivity contribution is 9.10. The quantitative estimate of drug-likeness (QED) is 0.462. The van der Waals surface area contributed by atoms with Gasteiger partial charge in [0.05, 0.1) is 5.03 Å². The summed E-state index contributed by atoms with van der Waals surface area (Å²) in [7, 11) is 0. The van der Waals surface area contributed by atoms with Gasteiger partial charge in [0.2, 0.25) is 0 Å². The number of hydrogen-bond acceptors (Lipinski definition) is 1. The molecule has 0 bridgehead atoms. The number of carbonyl (C=O) groups is 1. The van der Waals surface area contributed by atoms with Gasteiger partial charge in [-0.25, -0.2) is 0 Å². The summed E-state index contributed by atoms with van der Waals surface area (Å²) in [5.41, 5.74) is 1.36. The largest absolute Gasteiger partial charge is 0.298 e. The molecule has 1 nitrogen and oxygen atoms in total. The highest BCUT2D eigenvalue weighted by Crippen LogP contribution is 2.25. The molecule has 1 aromatic carbocycles. The zero-order valence-corrected chi connectivity index (χ0v) is 10.9. The van der Waals surface area contributed by atoms with Crippen LogP contribution in [0.15, 0.2) is 34.3 Å². The SMILES string of the molecule is O=CC(CCCl)=C(Cl)c1ccc(Br)cc1. The van der Waals surface area contributed by atoms with E-state index >= 15 is 0 Å². The maximum atomic E-state index is 10.8. The first-order valence-electron chi connectivity index (χ1n) is 4.34. The molecule has 0 N–H and O–H groups in total. The molecule has 0 saturated carbocycles. The van der Waals surface area contributed by atoms with Crippen LogP contribution >= 0.6 is 39.1 Å². The predicted molar refractivity (Wildman–Crippen MR) is 68.3 cm³/mol. The fraction of sp³-hybridized carbons (Fsp3) is 0.182. The Bertz CT molecular complexity index is 371. The molecule has 0 aromatic heterocycles. The highest BCUT2D eigenvalue weighted by atomic mass is 79.9. The van der Waals surface area contributed by atoms with Crippen molar-refractivity contribution in [1.29, 1.82) is 0 Å². The monoisotopic (exact) mass is 306 g/mol. The third kappa shape index (κ3) is 3.63. The molecule has 15 heavy (non-hydrogen) atoms. The molecule has 0 radical (unpaired) electrons. The number of allylic oxidation sites excluding steroid dienone is 1. The minimum atomic E-state index is 0.390. The van der Waals surface area contributed by atoms with Gasteiger partial charge in [0.1, 0.15) is 6.29 Å². The van der Waals surface area contributed by atoms with E-state index < -0.39 is 0 Å². The van der Waals surface area contributed by atoms with Crippen LogP contribution in [0.5, 0.6) is 0 Å². The molecule has 0 aliphatic carbocycles. The Morgan fingerprint density at radius 2 is 1.93 bits per heavy atom. The van der Waals surface area contributed by atoms with Gasteiger partial charge in [-0.15, -0.1) is 11.6 Å². The number of hydrogen-bond donors (Lipinski definition) is 0. The van der Waals surface area contributed by atoms with Gasteiger partial charge >= 0.3 is 0 Å². The van der Waals surface area contributed by atoms with E-state index in [1.807, 2.05) is 24.3 Å². The minimum absolute atomic E-state index is 0.390. The summed E-state index contributed by atoms with van der Waals surface area (Å²) in [5.74, 6) is 0.390. The van der Waals surface area contributed by atoms with E-state index in [4.69, 9.17) is 23.2 Å². The molecule has 0 heterocycles. The van der Waals surface area contributed by atoms with Crippen LogP contribution in [0.2, 0.25) is 0 Å². The summed E-state index contributed by atoms with van der Waals surface area (Å²) in [4.78, 5) is 10.8. The highest BCUT2D eigenvalue weighted by Gasteiger charge is 2.05. The summed E-state index contributed by atoms with van der Waals surface area (Å²) < 4.78 is 0.973. The Hall–Kier alpha value is -0.310. The van der Waals surface area contributed by atoms with E-state index in [2.05, 4.69) is 15.9 Å². The molecule has 0 amide bonds. The van der Waals surface area contributed by atoms with Crippen molar-refractivity contribution < 1.29 is 4.79 Å². The minimum Gasteiger partial charge on any atom is -0.298 e. The van der Waals surface area contributed by atoms with Crippen LogP contribution in [0, 0.1) is 0 Å². The number of benzene rings is 1. The van der Waals surface area contributed by atoms with E-state index in [-0.39, 0.29) is 0 Å². The molecular weight excluding hydrogens is 299 g/mol. The molecule has 4 heteroatoms. The van der Waals surface area contributed by atoms with Crippen molar-refractivity contribution in [3.05, 3.63) is 39.9 Å². The first kappa shape index (κ1) is 12.8. The van der Waals surface area contributed by atoms with Gasteiger partial charge < -0.3 is 0 Å². The van der Waals surface area contributed by atoms with Crippen molar-refractivity contribution in [2.45, 2.75) is 6.42 Å². The molecule has 80 valence electrons. The van der Waals surface area contributed by atoms with Crippen molar-refractivity contribution >= 4 is 50.5 Å². The smallest absolute Gasteiger partial charge is 0.147 e. The van der Waals surface area contributed by atoms with Gasteiger partial charge in [0.25, 0.3) is 0 Å². The zero-order chi connectivity index (χ0) is 11.3. The van der Waals surface area contributed by atoms with Crippen molar-refractivity contribution in [2.75, 3.05) is 5.88 Å². The van der Waals surface area contributed by atoms with Gasteiger partial charge in [0.15, 0.2) is 0 Å². The second-order valence-corrected chi connectivity index (χ2v) is 4.57. The van der Waals surface area contributed by atoms with Crippen LogP contribution < -0.4 is 0 Å². The normalized spacial score (nSPS) is 12.2. The molecule has 0 unspecified atom stereocenters. The standard InChI is InChI=1S/C11H9BrCl2O/c12-10-3-1-8(2-4-10)11(14)9(7-15)5-6-13/h1-4,7H,5-6H2. The second-order valence-electron chi connectivity index (χ2n) is 2.90. The van der Waals surface area contributed by atoms with Crippen LogP contribution in [-0.4, -0.2) is 12.2 Å². The summed E-state index contributed by atoms with van der Waals surface area (Å²) in [6.07, 6.45) is 1.24. The lowest BCUT2D eigenvalue weighted by atomic mass is 10.1. The summed E-state index contributed by atoms with van der Waals surface area (Å²) in [6, 6.07) is 7.45. The first-order valence-corrected chi connectivity index (χ1v) is 6.05.